The highest BCUT2D eigenvalue weighted by atomic mass is 17.2. The van der Waals surface area contributed by atoms with Crippen molar-refractivity contribution in [1.29, 1.82) is 0 Å². The Balaban J connectivity index is 2.68. The summed E-state index contributed by atoms with van der Waals surface area (Å²) in [4.78, 5) is 52.2. The molecule has 0 aromatic heterocycles. The van der Waals surface area contributed by atoms with Gasteiger partial charge in [0.25, 0.3) is 0 Å². The molecule has 7 nitrogen and oxygen atoms in total. The van der Waals surface area contributed by atoms with Crippen molar-refractivity contribution in [3.05, 3.63) is 71.3 Å². The van der Waals surface area contributed by atoms with E-state index in [1.54, 1.807) is 27.7 Å². The predicted octanol–water partition coefficient (Wildman–Crippen LogP) is 6.84. The van der Waals surface area contributed by atoms with E-state index < -0.39 is 35.0 Å². The van der Waals surface area contributed by atoms with Crippen LogP contribution in [0.15, 0.2) is 54.6 Å². The molecule has 3 atom stereocenters. The van der Waals surface area contributed by atoms with Crippen LogP contribution in [-0.2, 0) is 36.1 Å². The van der Waals surface area contributed by atoms with Crippen LogP contribution in [-0.4, -0.2) is 41.4 Å². The van der Waals surface area contributed by atoms with Crippen LogP contribution in [0.1, 0.15) is 84.9 Å². The topological polar surface area (TPSA) is 82.1 Å². The SMILES string of the molecule is CC(C)C(c1ccc(C(C)(C)C)cc1)[C@@](C(=O)OOCc1ccccc1)(C(C)C=O)N(C)C(=O)OC(C)(C)C. The first-order valence-electron chi connectivity index (χ1n) is 13.5. The monoisotopic (exact) mass is 539 g/mol. The van der Waals surface area contributed by atoms with Crippen molar-refractivity contribution in [1.82, 2.24) is 4.90 Å². The molecule has 0 bridgehead atoms. The molecule has 2 unspecified atom stereocenters. The van der Waals surface area contributed by atoms with Crippen molar-refractivity contribution in [3.8, 4) is 0 Å². The fourth-order valence-electron chi connectivity index (χ4n) is 4.96. The van der Waals surface area contributed by atoms with Crippen LogP contribution in [0.25, 0.3) is 0 Å². The highest BCUT2D eigenvalue weighted by molar-refractivity contribution is 5.90. The fourth-order valence-corrected chi connectivity index (χ4v) is 4.96. The van der Waals surface area contributed by atoms with Gasteiger partial charge in [0.1, 0.15) is 18.5 Å². The molecule has 214 valence electrons. The Morgan fingerprint density at radius 1 is 0.897 bits per heavy atom. The zero-order chi connectivity index (χ0) is 29.6. The predicted molar refractivity (Wildman–Crippen MR) is 152 cm³/mol. The normalized spacial score (nSPS) is 15.2. The van der Waals surface area contributed by atoms with Gasteiger partial charge in [-0.25, -0.2) is 9.59 Å². The first-order valence-corrected chi connectivity index (χ1v) is 13.5. The Morgan fingerprint density at radius 3 is 1.92 bits per heavy atom. The number of hydrogen-bond donors (Lipinski definition) is 0. The highest BCUT2D eigenvalue weighted by Gasteiger charge is 2.59. The van der Waals surface area contributed by atoms with Crippen LogP contribution in [0.4, 0.5) is 4.79 Å². The van der Waals surface area contributed by atoms with Crippen LogP contribution in [0.3, 0.4) is 0 Å². The molecule has 39 heavy (non-hydrogen) atoms. The van der Waals surface area contributed by atoms with Gasteiger partial charge in [-0.2, -0.15) is 4.89 Å². The molecule has 0 saturated carbocycles. The number of hydrogen-bond acceptors (Lipinski definition) is 6. The maximum atomic E-state index is 14.2. The van der Waals surface area contributed by atoms with Gasteiger partial charge in [0.2, 0.25) is 0 Å². The van der Waals surface area contributed by atoms with Gasteiger partial charge < -0.3 is 9.53 Å². The lowest BCUT2D eigenvalue weighted by Gasteiger charge is -2.48. The van der Waals surface area contributed by atoms with Crippen LogP contribution >= 0.6 is 0 Å². The van der Waals surface area contributed by atoms with E-state index in [1.165, 1.54) is 11.9 Å². The lowest BCUT2D eigenvalue weighted by molar-refractivity contribution is -0.290. The summed E-state index contributed by atoms with van der Waals surface area (Å²) in [5.41, 5.74) is 0.0585. The van der Waals surface area contributed by atoms with Gasteiger partial charge in [0.15, 0.2) is 5.54 Å². The van der Waals surface area contributed by atoms with Gasteiger partial charge in [-0.1, -0.05) is 96.1 Å². The number of carbonyl (C=O) groups excluding carboxylic acids is 3. The molecule has 0 saturated heterocycles. The van der Waals surface area contributed by atoms with Gasteiger partial charge in [-0.3, -0.25) is 9.79 Å². The summed E-state index contributed by atoms with van der Waals surface area (Å²) < 4.78 is 5.68. The third-order valence-corrected chi connectivity index (χ3v) is 6.93. The molecule has 2 aromatic carbocycles. The van der Waals surface area contributed by atoms with E-state index in [0.29, 0.717) is 6.29 Å². The lowest BCUT2D eigenvalue weighted by Crippen LogP contribution is -2.65. The van der Waals surface area contributed by atoms with E-state index in [-0.39, 0.29) is 17.9 Å². The molecule has 1 amide bonds. The van der Waals surface area contributed by atoms with Crippen LogP contribution in [0, 0.1) is 11.8 Å². The molecule has 0 aliphatic heterocycles. The molecular weight excluding hydrogens is 494 g/mol. The fraction of sp³-hybridized carbons (Fsp3) is 0.531. The van der Waals surface area contributed by atoms with E-state index in [4.69, 9.17) is 14.5 Å². The second-order valence-corrected chi connectivity index (χ2v) is 12.5. The molecule has 0 spiro atoms. The molecule has 0 radical (unpaired) electrons. The Hall–Kier alpha value is -3.19. The van der Waals surface area contributed by atoms with Crippen molar-refractivity contribution in [2.45, 2.75) is 91.4 Å². The van der Waals surface area contributed by atoms with Crippen molar-refractivity contribution in [3.63, 3.8) is 0 Å². The molecular formula is C32H45NO6. The van der Waals surface area contributed by atoms with Gasteiger partial charge in [0.05, 0.1) is 0 Å². The number of benzene rings is 2. The van der Waals surface area contributed by atoms with Crippen molar-refractivity contribution < 1.29 is 28.9 Å². The van der Waals surface area contributed by atoms with Crippen molar-refractivity contribution in [2.75, 3.05) is 7.05 Å². The molecule has 7 heteroatoms. The summed E-state index contributed by atoms with van der Waals surface area (Å²) in [6, 6.07) is 17.2. The zero-order valence-electron chi connectivity index (χ0n) is 25.1. The smallest absolute Gasteiger partial charge is 0.411 e. The number of likely N-dealkylation sites (N-methyl/N-ethyl adjacent to an activating group) is 1. The molecule has 2 aromatic rings. The maximum absolute atomic E-state index is 14.2. The molecule has 0 fully saturated rings. The van der Waals surface area contributed by atoms with Crippen molar-refractivity contribution >= 4 is 18.3 Å². The maximum Gasteiger partial charge on any atom is 0.411 e. The Bertz CT molecular complexity index is 1100. The van der Waals surface area contributed by atoms with Gasteiger partial charge in [-0.05, 0) is 48.8 Å². The van der Waals surface area contributed by atoms with Gasteiger partial charge >= 0.3 is 12.1 Å². The summed E-state index contributed by atoms with van der Waals surface area (Å²) in [6.07, 6.45) is -0.0636. The summed E-state index contributed by atoms with van der Waals surface area (Å²) in [5, 5.41) is 0. The molecule has 0 heterocycles. The number of nitrogens with zero attached hydrogens (tertiary/aromatic N) is 1. The minimum Gasteiger partial charge on any atom is -0.444 e. The molecule has 0 aliphatic rings. The van der Waals surface area contributed by atoms with Gasteiger partial charge in [0, 0.05) is 18.9 Å². The first-order chi connectivity index (χ1) is 18.1. The Morgan fingerprint density at radius 2 is 1.46 bits per heavy atom. The summed E-state index contributed by atoms with van der Waals surface area (Å²) in [6.45, 7) is 17.1. The number of rotatable bonds is 10. The van der Waals surface area contributed by atoms with E-state index in [1.807, 2.05) is 68.4 Å². The molecule has 0 aliphatic carbocycles. The summed E-state index contributed by atoms with van der Waals surface area (Å²) in [5.74, 6) is -2.61. The lowest BCUT2D eigenvalue weighted by atomic mass is 9.66. The average molecular weight is 540 g/mol. The number of aldehydes is 1. The second-order valence-electron chi connectivity index (χ2n) is 12.5. The number of ether oxygens (including phenoxy) is 1. The van der Waals surface area contributed by atoms with Crippen LogP contribution < -0.4 is 0 Å². The second kappa shape index (κ2) is 12.8. The third kappa shape index (κ3) is 7.69. The van der Waals surface area contributed by atoms with E-state index in [0.717, 1.165) is 16.7 Å². The highest BCUT2D eigenvalue weighted by Crippen LogP contribution is 2.45. The van der Waals surface area contributed by atoms with E-state index >= 15 is 0 Å². The minimum atomic E-state index is -1.77. The van der Waals surface area contributed by atoms with Crippen LogP contribution in [0.5, 0.6) is 0 Å². The van der Waals surface area contributed by atoms with E-state index in [9.17, 15) is 14.4 Å². The quantitative estimate of drug-likeness (QED) is 0.187. The first kappa shape index (κ1) is 32.0. The Labute approximate surface area is 233 Å². The van der Waals surface area contributed by atoms with Crippen molar-refractivity contribution in [2.24, 2.45) is 11.8 Å². The molecule has 0 N–H and O–H groups in total. The summed E-state index contributed by atoms with van der Waals surface area (Å²) in [7, 11) is 1.48. The summed E-state index contributed by atoms with van der Waals surface area (Å²) >= 11 is 0. The van der Waals surface area contributed by atoms with Gasteiger partial charge in [-0.15, -0.1) is 0 Å². The zero-order valence-corrected chi connectivity index (χ0v) is 25.1. The Kier molecular flexibility index (Phi) is 10.5. The largest absolute Gasteiger partial charge is 0.444 e. The van der Waals surface area contributed by atoms with Crippen LogP contribution in [0.2, 0.25) is 0 Å². The minimum absolute atomic E-state index is 0.0148. The van der Waals surface area contributed by atoms with E-state index in [2.05, 4.69) is 20.8 Å². The molecule has 2 rings (SSSR count). The third-order valence-electron chi connectivity index (χ3n) is 6.93. The number of carbonyl (C=O) groups is 3. The average Bonchev–Trinajstić information content (AvgIpc) is 2.85. The number of amides is 1. The standard InChI is InChI=1S/C32H45NO6/c1-22(2)27(25-16-18-26(19-17-25)30(4,5)6)32(23(3)20-34,33(10)29(36)38-31(7,8)9)28(35)39-37-21-24-14-12-11-13-15-24/h11-20,22-23,27H,21H2,1-10H3/t23?,27?,32-/m1/s1.